The Bertz CT molecular complexity index is 655. The summed E-state index contributed by atoms with van der Waals surface area (Å²) in [5.74, 6) is 0. The van der Waals surface area contributed by atoms with E-state index in [-0.39, 0.29) is 0 Å². The molecule has 0 radical (unpaired) electrons. The van der Waals surface area contributed by atoms with E-state index in [0.29, 0.717) is 0 Å². The van der Waals surface area contributed by atoms with Gasteiger partial charge in [0.2, 0.25) is 0 Å². The summed E-state index contributed by atoms with van der Waals surface area (Å²) in [6.07, 6.45) is 11.8. The first-order valence-corrected chi connectivity index (χ1v) is 8.04. The van der Waals surface area contributed by atoms with Gasteiger partial charge in [-0.15, -0.1) is 5.73 Å². The van der Waals surface area contributed by atoms with Crippen LogP contribution in [0.2, 0.25) is 0 Å². The molecule has 3 rings (SSSR count). The molecule has 0 saturated carbocycles. The van der Waals surface area contributed by atoms with Crippen molar-refractivity contribution in [1.29, 1.82) is 0 Å². The maximum atomic E-state index is 4.42. The standard InChI is InChI=1S/C20H21N3/c1-2-8-18(7-1)17-23(15-11-19-9-3-5-13-21-19)16-12-20-10-4-6-14-22-20/h1-7,9-10,13-14H,11-12,15-17H2. The van der Waals surface area contributed by atoms with Gasteiger partial charge in [-0.25, -0.2) is 0 Å². The fraction of sp³-hybridized carbons (Fsp3) is 0.250. The van der Waals surface area contributed by atoms with E-state index in [2.05, 4.69) is 38.8 Å². The second kappa shape index (κ2) is 8.23. The van der Waals surface area contributed by atoms with Gasteiger partial charge >= 0.3 is 0 Å². The average Bonchev–Trinajstić information content (AvgIpc) is 3.12. The number of rotatable bonds is 8. The molecule has 0 aliphatic heterocycles. The molecule has 116 valence electrons. The summed E-state index contributed by atoms with van der Waals surface area (Å²) >= 11 is 0. The van der Waals surface area contributed by atoms with E-state index in [1.165, 1.54) is 5.57 Å². The highest BCUT2D eigenvalue weighted by atomic mass is 15.1. The maximum absolute atomic E-state index is 4.42. The van der Waals surface area contributed by atoms with Crippen molar-refractivity contribution >= 4 is 0 Å². The van der Waals surface area contributed by atoms with Crippen LogP contribution in [0.15, 0.2) is 78.3 Å². The van der Waals surface area contributed by atoms with Gasteiger partial charge in [0.25, 0.3) is 0 Å². The van der Waals surface area contributed by atoms with Gasteiger partial charge in [0.05, 0.1) is 0 Å². The second-order valence-electron chi connectivity index (χ2n) is 5.61. The molecule has 0 amide bonds. The first kappa shape index (κ1) is 15.4. The minimum Gasteiger partial charge on any atom is -0.298 e. The zero-order valence-corrected chi connectivity index (χ0v) is 13.2. The molecule has 0 spiro atoms. The van der Waals surface area contributed by atoms with Crippen LogP contribution in [0.25, 0.3) is 0 Å². The van der Waals surface area contributed by atoms with Crippen molar-refractivity contribution < 1.29 is 0 Å². The number of pyridine rings is 2. The smallest absolute Gasteiger partial charge is 0.0416 e. The molecule has 0 atom stereocenters. The van der Waals surface area contributed by atoms with Gasteiger partial charge in [0.1, 0.15) is 0 Å². The molecule has 0 fully saturated rings. The lowest BCUT2D eigenvalue weighted by atomic mass is 10.2. The van der Waals surface area contributed by atoms with Crippen LogP contribution in [0.4, 0.5) is 0 Å². The lowest BCUT2D eigenvalue weighted by Gasteiger charge is -2.21. The van der Waals surface area contributed by atoms with Crippen LogP contribution in [0.5, 0.6) is 0 Å². The van der Waals surface area contributed by atoms with Gasteiger partial charge in [-0.2, -0.15) is 0 Å². The third kappa shape index (κ3) is 5.03. The third-order valence-corrected chi connectivity index (χ3v) is 3.88. The van der Waals surface area contributed by atoms with E-state index in [4.69, 9.17) is 0 Å². The van der Waals surface area contributed by atoms with Gasteiger partial charge < -0.3 is 0 Å². The Morgan fingerprint density at radius 2 is 1.52 bits per heavy atom. The summed E-state index contributed by atoms with van der Waals surface area (Å²) in [6, 6.07) is 12.2. The van der Waals surface area contributed by atoms with Crippen molar-refractivity contribution in [2.45, 2.75) is 12.8 Å². The Morgan fingerprint density at radius 1 is 0.870 bits per heavy atom. The van der Waals surface area contributed by atoms with E-state index in [1.54, 1.807) is 0 Å². The van der Waals surface area contributed by atoms with Crippen molar-refractivity contribution in [2.24, 2.45) is 0 Å². The van der Waals surface area contributed by atoms with Gasteiger partial charge in [-0.3, -0.25) is 14.9 Å². The Morgan fingerprint density at radius 3 is 2.00 bits per heavy atom. The topological polar surface area (TPSA) is 29.0 Å². The Hall–Kier alpha value is -2.48. The molecular weight excluding hydrogens is 282 g/mol. The lowest BCUT2D eigenvalue weighted by molar-refractivity contribution is 0.304. The Labute approximate surface area is 137 Å². The average molecular weight is 303 g/mol. The number of hydrogen-bond acceptors (Lipinski definition) is 3. The van der Waals surface area contributed by atoms with Gasteiger partial charge in [-0.05, 0) is 36.4 Å². The number of nitrogens with zero attached hydrogens (tertiary/aromatic N) is 3. The molecule has 2 aromatic heterocycles. The molecule has 2 heterocycles. The van der Waals surface area contributed by atoms with Crippen molar-refractivity contribution in [3.63, 3.8) is 0 Å². The molecule has 0 saturated heterocycles. The van der Waals surface area contributed by atoms with Crippen LogP contribution >= 0.6 is 0 Å². The van der Waals surface area contributed by atoms with E-state index in [9.17, 15) is 0 Å². The predicted octanol–water partition coefficient (Wildman–Crippen LogP) is 3.22. The highest BCUT2D eigenvalue weighted by Gasteiger charge is 2.09. The van der Waals surface area contributed by atoms with Crippen LogP contribution < -0.4 is 0 Å². The largest absolute Gasteiger partial charge is 0.298 e. The highest BCUT2D eigenvalue weighted by molar-refractivity contribution is 5.30. The van der Waals surface area contributed by atoms with E-state index in [1.807, 2.05) is 48.8 Å². The van der Waals surface area contributed by atoms with Crippen LogP contribution in [0.3, 0.4) is 0 Å². The predicted molar refractivity (Wildman–Crippen MR) is 93.1 cm³/mol. The Balaban J connectivity index is 1.58. The first-order valence-electron chi connectivity index (χ1n) is 8.04. The summed E-state index contributed by atoms with van der Waals surface area (Å²) in [5.41, 5.74) is 6.81. The van der Waals surface area contributed by atoms with Gasteiger partial charge in [0.15, 0.2) is 0 Å². The third-order valence-electron chi connectivity index (χ3n) is 3.88. The molecule has 0 N–H and O–H groups in total. The van der Waals surface area contributed by atoms with E-state index >= 15 is 0 Å². The van der Waals surface area contributed by atoms with E-state index < -0.39 is 0 Å². The number of aromatic nitrogens is 2. The Kier molecular flexibility index (Phi) is 5.52. The maximum Gasteiger partial charge on any atom is 0.0416 e. The molecular formula is C20H21N3. The molecule has 1 aliphatic rings. The minimum absolute atomic E-state index is 0.923. The fourth-order valence-electron chi connectivity index (χ4n) is 2.61. The van der Waals surface area contributed by atoms with Crippen LogP contribution in [0, 0.1) is 0 Å². The summed E-state index contributed by atoms with van der Waals surface area (Å²) in [7, 11) is 0. The number of allylic oxidation sites excluding steroid dienone is 1. The van der Waals surface area contributed by atoms with Crippen LogP contribution in [0.1, 0.15) is 11.4 Å². The summed E-state index contributed by atoms with van der Waals surface area (Å²) < 4.78 is 0. The second-order valence-corrected chi connectivity index (χ2v) is 5.61. The number of hydrogen-bond donors (Lipinski definition) is 0. The summed E-state index contributed by atoms with van der Waals surface area (Å²) in [5, 5.41) is 0. The first-order chi connectivity index (χ1) is 11.4. The molecule has 0 bridgehead atoms. The van der Waals surface area contributed by atoms with Crippen molar-refractivity contribution in [3.8, 4) is 0 Å². The summed E-state index contributed by atoms with van der Waals surface area (Å²) in [4.78, 5) is 11.3. The monoisotopic (exact) mass is 303 g/mol. The minimum atomic E-state index is 0.923. The zero-order valence-electron chi connectivity index (χ0n) is 13.2. The normalized spacial score (nSPS) is 12.8. The van der Waals surface area contributed by atoms with Gasteiger partial charge in [0, 0.05) is 61.8 Å². The van der Waals surface area contributed by atoms with Crippen molar-refractivity contribution in [3.05, 3.63) is 89.7 Å². The lowest BCUT2D eigenvalue weighted by Crippen LogP contribution is -2.30. The van der Waals surface area contributed by atoms with Crippen molar-refractivity contribution in [1.82, 2.24) is 14.9 Å². The van der Waals surface area contributed by atoms with Crippen LogP contribution in [-0.2, 0) is 12.8 Å². The molecule has 23 heavy (non-hydrogen) atoms. The summed E-state index contributed by atoms with van der Waals surface area (Å²) in [6.45, 7) is 2.90. The highest BCUT2D eigenvalue weighted by Crippen LogP contribution is 2.08. The zero-order chi connectivity index (χ0) is 15.7. The molecule has 3 heteroatoms. The van der Waals surface area contributed by atoms with E-state index in [0.717, 1.165) is 43.9 Å². The molecule has 1 aliphatic carbocycles. The molecule has 3 nitrogen and oxygen atoms in total. The SMILES string of the molecule is C1=CC=CC=1CN(CCc1ccccn1)CCc1ccccn1. The fourth-order valence-corrected chi connectivity index (χ4v) is 2.61. The molecule has 2 aromatic rings. The van der Waals surface area contributed by atoms with Gasteiger partial charge in [-0.1, -0.05) is 18.2 Å². The van der Waals surface area contributed by atoms with Crippen molar-refractivity contribution in [2.75, 3.05) is 19.6 Å². The van der Waals surface area contributed by atoms with Crippen LogP contribution in [-0.4, -0.2) is 34.5 Å². The quantitative estimate of drug-likeness (QED) is 0.701. The molecule has 0 aromatic carbocycles. The molecule has 0 unspecified atom stereocenters.